The van der Waals surface area contributed by atoms with Crippen molar-refractivity contribution in [3.63, 3.8) is 0 Å². The molecule has 0 radical (unpaired) electrons. The van der Waals surface area contributed by atoms with Crippen molar-refractivity contribution < 1.29 is 8.42 Å². The molecule has 4 nitrogen and oxygen atoms in total. The van der Waals surface area contributed by atoms with Crippen LogP contribution in [0.15, 0.2) is 47.4 Å². The fourth-order valence-corrected chi connectivity index (χ4v) is 4.45. The van der Waals surface area contributed by atoms with E-state index in [1.165, 1.54) is 12.1 Å². The molecule has 3 N–H and O–H groups in total. The minimum Gasteiger partial charge on any atom is -0.399 e. The summed E-state index contributed by atoms with van der Waals surface area (Å²) in [6, 6.07) is 11.6. The fraction of sp³-hybridized carbons (Fsp3) is 0. The van der Waals surface area contributed by atoms with E-state index < -0.39 is 10.0 Å². The summed E-state index contributed by atoms with van der Waals surface area (Å²) >= 11 is 4.29. The highest BCUT2D eigenvalue weighted by molar-refractivity contribution is 14.1. The Morgan fingerprint density at radius 2 is 1.47 bits per heavy atom. The number of nitrogen functional groups attached to an aromatic ring is 1. The lowest BCUT2D eigenvalue weighted by Crippen LogP contribution is -2.13. The third-order valence-corrected chi connectivity index (χ3v) is 4.95. The van der Waals surface area contributed by atoms with Gasteiger partial charge in [0, 0.05) is 12.8 Å². The predicted octanol–water partition coefficient (Wildman–Crippen LogP) is 3.28. The molecular formula is C12H10I2N2O2S. The molecule has 19 heavy (non-hydrogen) atoms. The maximum atomic E-state index is 12.2. The predicted molar refractivity (Wildman–Crippen MR) is 93.5 cm³/mol. The van der Waals surface area contributed by atoms with Crippen LogP contribution in [0.3, 0.4) is 0 Å². The monoisotopic (exact) mass is 500 g/mol. The number of benzene rings is 2. The molecule has 0 saturated carbocycles. The van der Waals surface area contributed by atoms with Crippen molar-refractivity contribution in [1.29, 1.82) is 0 Å². The molecule has 0 saturated heterocycles. The van der Waals surface area contributed by atoms with Gasteiger partial charge in [-0.05, 0) is 87.6 Å². The zero-order valence-electron chi connectivity index (χ0n) is 9.60. The fourth-order valence-electron chi connectivity index (χ4n) is 1.47. The third-order valence-electron chi connectivity index (χ3n) is 2.31. The van der Waals surface area contributed by atoms with Crippen LogP contribution < -0.4 is 10.5 Å². The summed E-state index contributed by atoms with van der Waals surface area (Å²) in [5.74, 6) is 0. The van der Waals surface area contributed by atoms with Gasteiger partial charge in [0.1, 0.15) is 0 Å². The smallest absolute Gasteiger partial charge is 0.261 e. The van der Waals surface area contributed by atoms with E-state index in [9.17, 15) is 8.42 Å². The molecule has 2 aromatic carbocycles. The zero-order valence-corrected chi connectivity index (χ0v) is 14.7. The van der Waals surface area contributed by atoms with Gasteiger partial charge in [-0.3, -0.25) is 4.72 Å². The molecule has 0 atom stereocenters. The molecule has 0 amide bonds. The molecule has 0 aromatic heterocycles. The van der Waals surface area contributed by atoms with Gasteiger partial charge in [0.05, 0.1) is 10.6 Å². The van der Waals surface area contributed by atoms with Gasteiger partial charge in [-0.1, -0.05) is 0 Å². The largest absolute Gasteiger partial charge is 0.399 e. The average molecular weight is 500 g/mol. The van der Waals surface area contributed by atoms with Gasteiger partial charge in [-0.15, -0.1) is 0 Å². The number of nitrogens with two attached hydrogens (primary N) is 1. The van der Waals surface area contributed by atoms with Crippen LogP contribution in [0.1, 0.15) is 0 Å². The Bertz CT molecular complexity index is 680. The lowest BCUT2D eigenvalue weighted by molar-refractivity contribution is 0.601. The Balaban J connectivity index is 2.33. The standard InChI is InChI=1S/C12H10I2N2O2S/c13-8-5-9(14)7-11(6-8)16-19(17,18)12-3-1-10(15)2-4-12/h1-7,16H,15H2. The summed E-state index contributed by atoms with van der Waals surface area (Å²) in [7, 11) is -3.58. The van der Waals surface area contributed by atoms with Gasteiger partial charge < -0.3 is 5.73 Å². The molecule has 0 spiro atoms. The first-order valence-electron chi connectivity index (χ1n) is 5.21. The molecule has 0 aliphatic heterocycles. The van der Waals surface area contributed by atoms with Crippen LogP contribution in [-0.4, -0.2) is 8.42 Å². The molecule has 0 bridgehead atoms. The number of anilines is 2. The number of hydrogen-bond donors (Lipinski definition) is 2. The van der Waals surface area contributed by atoms with E-state index in [2.05, 4.69) is 49.9 Å². The summed E-state index contributed by atoms with van der Waals surface area (Å²) in [4.78, 5) is 0.190. The van der Waals surface area contributed by atoms with Crippen molar-refractivity contribution in [1.82, 2.24) is 0 Å². The van der Waals surface area contributed by atoms with E-state index in [-0.39, 0.29) is 4.90 Å². The van der Waals surface area contributed by atoms with Gasteiger partial charge in [0.25, 0.3) is 10.0 Å². The Labute approximate surface area is 139 Å². The molecule has 0 heterocycles. The minimum absolute atomic E-state index is 0.190. The molecule has 0 aliphatic carbocycles. The van der Waals surface area contributed by atoms with Gasteiger partial charge in [0.2, 0.25) is 0 Å². The highest BCUT2D eigenvalue weighted by Gasteiger charge is 2.14. The Hall–Kier alpha value is -0.550. The van der Waals surface area contributed by atoms with Crippen LogP contribution >= 0.6 is 45.2 Å². The number of sulfonamides is 1. The summed E-state index contributed by atoms with van der Waals surface area (Å²) in [5, 5.41) is 0. The first-order valence-corrected chi connectivity index (χ1v) is 8.85. The summed E-state index contributed by atoms with van der Waals surface area (Å²) in [5.41, 5.74) is 6.62. The average Bonchev–Trinajstić information content (AvgIpc) is 2.27. The van der Waals surface area contributed by atoms with Gasteiger partial charge >= 0.3 is 0 Å². The highest BCUT2D eigenvalue weighted by atomic mass is 127. The quantitative estimate of drug-likeness (QED) is 0.503. The molecule has 0 fully saturated rings. The van der Waals surface area contributed by atoms with Crippen LogP contribution in [0.5, 0.6) is 0 Å². The highest BCUT2D eigenvalue weighted by Crippen LogP contribution is 2.21. The Morgan fingerprint density at radius 1 is 0.947 bits per heavy atom. The molecule has 7 heteroatoms. The second-order valence-corrected chi connectivity index (χ2v) is 8.01. The van der Waals surface area contributed by atoms with Crippen molar-refractivity contribution in [3.8, 4) is 0 Å². The molecule has 0 aliphatic rings. The van der Waals surface area contributed by atoms with Crippen LogP contribution in [0, 0.1) is 7.14 Å². The number of hydrogen-bond acceptors (Lipinski definition) is 3. The van der Waals surface area contributed by atoms with Crippen molar-refractivity contribution >= 4 is 66.6 Å². The van der Waals surface area contributed by atoms with Crippen LogP contribution in [0.2, 0.25) is 0 Å². The second kappa shape index (κ2) is 5.83. The topological polar surface area (TPSA) is 72.2 Å². The van der Waals surface area contributed by atoms with Crippen molar-refractivity contribution in [3.05, 3.63) is 49.6 Å². The van der Waals surface area contributed by atoms with Gasteiger partial charge in [-0.25, -0.2) is 8.42 Å². The van der Waals surface area contributed by atoms with E-state index in [1.807, 2.05) is 6.07 Å². The Morgan fingerprint density at radius 3 is 2.00 bits per heavy atom. The first-order chi connectivity index (χ1) is 8.87. The maximum absolute atomic E-state index is 12.2. The summed E-state index contributed by atoms with van der Waals surface area (Å²) in [6.45, 7) is 0. The molecule has 2 aromatic rings. The number of nitrogens with one attached hydrogen (secondary N) is 1. The number of halogens is 2. The van der Waals surface area contributed by atoms with Crippen molar-refractivity contribution in [2.75, 3.05) is 10.5 Å². The van der Waals surface area contributed by atoms with Crippen molar-refractivity contribution in [2.24, 2.45) is 0 Å². The Kier molecular flexibility index (Phi) is 4.56. The van der Waals surface area contributed by atoms with E-state index in [4.69, 9.17) is 5.73 Å². The second-order valence-electron chi connectivity index (χ2n) is 3.83. The first kappa shape index (κ1) is 14.9. The lowest BCUT2D eigenvalue weighted by Gasteiger charge is -2.09. The molecule has 2 rings (SSSR count). The van der Waals surface area contributed by atoms with Crippen LogP contribution in [-0.2, 0) is 10.0 Å². The van der Waals surface area contributed by atoms with Crippen molar-refractivity contribution in [2.45, 2.75) is 4.90 Å². The van der Waals surface area contributed by atoms with Gasteiger partial charge in [-0.2, -0.15) is 0 Å². The molecule has 0 unspecified atom stereocenters. The van der Waals surface area contributed by atoms with E-state index in [1.54, 1.807) is 24.3 Å². The van der Waals surface area contributed by atoms with Crippen LogP contribution in [0.4, 0.5) is 11.4 Å². The minimum atomic E-state index is -3.58. The lowest BCUT2D eigenvalue weighted by atomic mass is 10.3. The summed E-state index contributed by atoms with van der Waals surface area (Å²) < 4.78 is 28.9. The molecule has 100 valence electrons. The van der Waals surface area contributed by atoms with Crippen LogP contribution in [0.25, 0.3) is 0 Å². The van der Waals surface area contributed by atoms with E-state index >= 15 is 0 Å². The van der Waals surface area contributed by atoms with E-state index in [0.29, 0.717) is 11.4 Å². The zero-order chi connectivity index (χ0) is 14.0. The molecular weight excluding hydrogens is 490 g/mol. The van der Waals surface area contributed by atoms with Gasteiger partial charge in [0.15, 0.2) is 0 Å². The maximum Gasteiger partial charge on any atom is 0.261 e. The van der Waals surface area contributed by atoms with E-state index in [0.717, 1.165) is 7.14 Å². The summed E-state index contributed by atoms with van der Waals surface area (Å²) in [6.07, 6.45) is 0. The SMILES string of the molecule is Nc1ccc(S(=O)(=O)Nc2cc(I)cc(I)c2)cc1. The number of rotatable bonds is 3. The third kappa shape index (κ3) is 3.96. The normalized spacial score (nSPS) is 11.3.